The average Bonchev–Trinajstić information content (AvgIpc) is 2.51. The highest BCUT2D eigenvalue weighted by atomic mass is 19.4. The molecule has 3 nitrogen and oxygen atoms in total. The second-order valence-corrected chi connectivity index (χ2v) is 6.34. The molecule has 1 aliphatic rings. The summed E-state index contributed by atoms with van der Waals surface area (Å²) in [5, 5.41) is 11.9. The third kappa shape index (κ3) is 4.61. The Bertz CT molecular complexity index is 577. The Morgan fingerprint density at radius 3 is 2.78 bits per heavy atom. The van der Waals surface area contributed by atoms with E-state index >= 15 is 0 Å². The van der Waals surface area contributed by atoms with Gasteiger partial charge >= 0.3 is 6.18 Å². The molecule has 0 saturated carbocycles. The van der Waals surface area contributed by atoms with Crippen molar-refractivity contribution in [3.63, 3.8) is 0 Å². The SMILES string of the molecule is CC1CCCN(C(C)CNc2ccc(C#N)c(C(F)(F)F)c2)C1. The predicted octanol–water partition coefficient (Wildman–Crippen LogP) is 4.11. The molecule has 126 valence electrons. The highest BCUT2D eigenvalue weighted by Gasteiger charge is 2.33. The first-order valence-corrected chi connectivity index (χ1v) is 7.90. The third-order valence-corrected chi connectivity index (χ3v) is 4.36. The van der Waals surface area contributed by atoms with Crippen LogP contribution in [0.4, 0.5) is 18.9 Å². The van der Waals surface area contributed by atoms with Gasteiger partial charge in [0.15, 0.2) is 0 Å². The van der Waals surface area contributed by atoms with Gasteiger partial charge in [0, 0.05) is 24.8 Å². The van der Waals surface area contributed by atoms with Crippen molar-refractivity contribution in [1.29, 1.82) is 5.26 Å². The topological polar surface area (TPSA) is 39.1 Å². The fraction of sp³-hybridized carbons (Fsp3) is 0.588. The van der Waals surface area contributed by atoms with Gasteiger partial charge in [-0.1, -0.05) is 6.92 Å². The first kappa shape index (κ1) is 17.6. The molecule has 1 aromatic carbocycles. The molecule has 1 N–H and O–H groups in total. The van der Waals surface area contributed by atoms with Crippen LogP contribution < -0.4 is 5.32 Å². The monoisotopic (exact) mass is 325 g/mol. The molecule has 0 spiro atoms. The number of benzene rings is 1. The molecule has 2 rings (SSSR count). The molecule has 1 aliphatic heterocycles. The van der Waals surface area contributed by atoms with Crippen molar-refractivity contribution in [2.45, 2.75) is 38.9 Å². The van der Waals surface area contributed by atoms with Crippen molar-refractivity contribution in [3.05, 3.63) is 29.3 Å². The van der Waals surface area contributed by atoms with Gasteiger partial charge in [-0.2, -0.15) is 18.4 Å². The lowest BCUT2D eigenvalue weighted by atomic mass is 9.99. The van der Waals surface area contributed by atoms with E-state index in [4.69, 9.17) is 5.26 Å². The summed E-state index contributed by atoms with van der Waals surface area (Å²) < 4.78 is 38.9. The summed E-state index contributed by atoms with van der Waals surface area (Å²) in [6.07, 6.45) is -2.11. The second-order valence-electron chi connectivity index (χ2n) is 6.34. The van der Waals surface area contributed by atoms with Crippen LogP contribution in [0.2, 0.25) is 0 Å². The minimum absolute atomic E-state index is 0.253. The number of likely N-dealkylation sites (tertiary alicyclic amines) is 1. The lowest BCUT2D eigenvalue weighted by molar-refractivity contribution is -0.137. The summed E-state index contributed by atoms with van der Waals surface area (Å²) in [5.41, 5.74) is -0.835. The van der Waals surface area contributed by atoms with Crippen molar-refractivity contribution in [2.75, 3.05) is 25.0 Å². The molecule has 0 aromatic heterocycles. The average molecular weight is 325 g/mol. The Hall–Kier alpha value is -1.74. The van der Waals surface area contributed by atoms with Crippen LogP contribution in [0.25, 0.3) is 0 Å². The second kappa shape index (κ2) is 7.22. The lowest BCUT2D eigenvalue weighted by Crippen LogP contribution is -2.43. The van der Waals surface area contributed by atoms with Gasteiger partial charge in [0.1, 0.15) is 0 Å². The van der Waals surface area contributed by atoms with Crippen molar-refractivity contribution in [1.82, 2.24) is 4.90 Å². The van der Waals surface area contributed by atoms with Crippen LogP contribution in [0.3, 0.4) is 0 Å². The molecule has 1 heterocycles. The van der Waals surface area contributed by atoms with Gasteiger partial charge in [0.05, 0.1) is 17.2 Å². The fourth-order valence-electron chi connectivity index (χ4n) is 3.01. The van der Waals surface area contributed by atoms with E-state index < -0.39 is 11.7 Å². The van der Waals surface area contributed by atoms with Crippen LogP contribution in [0.15, 0.2) is 18.2 Å². The number of alkyl halides is 3. The zero-order valence-electron chi connectivity index (χ0n) is 13.5. The molecular weight excluding hydrogens is 303 g/mol. The van der Waals surface area contributed by atoms with Crippen LogP contribution in [0, 0.1) is 17.2 Å². The number of piperidine rings is 1. The molecule has 6 heteroatoms. The molecule has 1 aromatic rings. The number of nitrogens with one attached hydrogen (secondary N) is 1. The van der Waals surface area contributed by atoms with Crippen molar-refractivity contribution >= 4 is 5.69 Å². The summed E-state index contributed by atoms with van der Waals surface area (Å²) in [6.45, 7) is 6.95. The van der Waals surface area contributed by atoms with Crippen LogP contribution in [-0.2, 0) is 6.18 Å². The third-order valence-electron chi connectivity index (χ3n) is 4.36. The normalized spacial score (nSPS) is 20.8. The number of hydrogen-bond donors (Lipinski definition) is 1. The molecule has 2 atom stereocenters. The Balaban J connectivity index is 2.02. The van der Waals surface area contributed by atoms with Gasteiger partial charge in [-0.15, -0.1) is 0 Å². The summed E-state index contributed by atoms with van der Waals surface area (Å²) in [7, 11) is 0. The van der Waals surface area contributed by atoms with Crippen LogP contribution in [0.1, 0.15) is 37.8 Å². The Labute approximate surface area is 135 Å². The van der Waals surface area contributed by atoms with Crippen molar-refractivity contribution in [2.24, 2.45) is 5.92 Å². The Morgan fingerprint density at radius 1 is 1.43 bits per heavy atom. The minimum atomic E-state index is -4.52. The summed E-state index contributed by atoms with van der Waals surface area (Å²) in [6, 6.07) is 5.61. The standard InChI is InChI=1S/C17H22F3N3/c1-12-4-3-7-23(11-12)13(2)10-22-15-6-5-14(9-21)16(8-15)17(18,19)20/h5-6,8,12-13,22H,3-4,7,10-11H2,1-2H3. The smallest absolute Gasteiger partial charge is 0.383 e. The number of halogens is 3. The van der Waals surface area contributed by atoms with E-state index in [0.29, 0.717) is 18.2 Å². The quantitative estimate of drug-likeness (QED) is 0.905. The molecule has 2 unspecified atom stereocenters. The Morgan fingerprint density at radius 2 is 2.17 bits per heavy atom. The first-order valence-electron chi connectivity index (χ1n) is 7.90. The molecule has 23 heavy (non-hydrogen) atoms. The molecule has 0 aliphatic carbocycles. The molecular formula is C17H22F3N3. The summed E-state index contributed by atoms with van der Waals surface area (Å²) in [5.74, 6) is 0.665. The van der Waals surface area contributed by atoms with Gasteiger partial charge in [-0.05, 0) is 50.4 Å². The predicted molar refractivity (Wildman–Crippen MR) is 84.1 cm³/mol. The van der Waals surface area contributed by atoms with Crippen molar-refractivity contribution in [3.8, 4) is 6.07 Å². The van der Waals surface area contributed by atoms with E-state index in [-0.39, 0.29) is 11.6 Å². The van der Waals surface area contributed by atoms with E-state index in [1.165, 1.54) is 25.0 Å². The minimum Gasteiger partial charge on any atom is -0.383 e. The maximum Gasteiger partial charge on any atom is 0.417 e. The first-order chi connectivity index (χ1) is 10.8. The maximum absolute atomic E-state index is 13.0. The van der Waals surface area contributed by atoms with Gasteiger partial charge in [0.2, 0.25) is 0 Å². The van der Waals surface area contributed by atoms with E-state index in [1.54, 1.807) is 6.07 Å². The molecule has 0 bridgehead atoms. The van der Waals surface area contributed by atoms with Gasteiger partial charge in [0.25, 0.3) is 0 Å². The van der Waals surface area contributed by atoms with E-state index in [9.17, 15) is 13.2 Å². The van der Waals surface area contributed by atoms with Gasteiger partial charge in [-0.3, -0.25) is 4.90 Å². The highest BCUT2D eigenvalue weighted by Crippen LogP contribution is 2.33. The zero-order chi connectivity index (χ0) is 17.0. The molecule has 0 radical (unpaired) electrons. The fourth-order valence-corrected chi connectivity index (χ4v) is 3.01. The highest BCUT2D eigenvalue weighted by molar-refractivity contribution is 5.53. The zero-order valence-corrected chi connectivity index (χ0v) is 13.5. The van der Waals surface area contributed by atoms with Crippen LogP contribution in [0.5, 0.6) is 0 Å². The number of anilines is 1. The van der Waals surface area contributed by atoms with Crippen LogP contribution in [-0.4, -0.2) is 30.6 Å². The largest absolute Gasteiger partial charge is 0.417 e. The summed E-state index contributed by atoms with van der Waals surface area (Å²) >= 11 is 0. The molecule has 0 amide bonds. The maximum atomic E-state index is 13.0. The lowest BCUT2D eigenvalue weighted by Gasteiger charge is -2.35. The van der Waals surface area contributed by atoms with Gasteiger partial charge in [-0.25, -0.2) is 0 Å². The number of nitriles is 1. The molecule has 1 fully saturated rings. The number of nitrogens with zero attached hydrogens (tertiary/aromatic N) is 2. The van der Waals surface area contributed by atoms with E-state index in [1.807, 2.05) is 0 Å². The van der Waals surface area contributed by atoms with Crippen molar-refractivity contribution < 1.29 is 13.2 Å². The van der Waals surface area contributed by atoms with Crippen LogP contribution >= 0.6 is 0 Å². The Kier molecular flexibility index (Phi) is 5.53. The van der Waals surface area contributed by atoms with E-state index in [0.717, 1.165) is 19.2 Å². The summed E-state index contributed by atoms with van der Waals surface area (Å²) in [4.78, 5) is 2.37. The van der Waals surface area contributed by atoms with Gasteiger partial charge < -0.3 is 5.32 Å². The van der Waals surface area contributed by atoms with E-state index in [2.05, 4.69) is 24.1 Å². The number of hydrogen-bond acceptors (Lipinski definition) is 3. The molecule has 1 saturated heterocycles. The number of rotatable bonds is 4.